The highest BCUT2D eigenvalue weighted by molar-refractivity contribution is 7.81. The van der Waals surface area contributed by atoms with Crippen LogP contribution in [0.15, 0.2) is 36.5 Å². The molecule has 2 N–H and O–H groups in total. The number of thiol groups is 1. The number of carbonyl (C=O) groups is 4. The summed E-state index contributed by atoms with van der Waals surface area (Å²) in [7, 11) is 0. The Labute approximate surface area is 350 Å². The summed E-state index contributed by atoms with van der Waals surface area (Å²) in [6, 6.07) is 8.84. The number of nitrogens with one attached hydrogen (secondary N) is 2. The summed E-state index contributed by atoms with van der Waals surface area (Å²) in [6.07, 6.45) is 4.58. The number of benzene rings is 1. The molecule has 2 unspecified atom stereocenters. The van der Waals surface area contributed by atoms with Gasteiger partial charge in [0.1, 0.15) is 11.3 Å². The first-order chi connectivity index (χ1) is 27.0. The van der Waals surface area contributed by atoms with Gasteiger partial charge < -0.3 is 10.2 Å². The minimum atomic E-state index is -4.73. The van der Waals surface area contributed by atoms with Crippen LogP contribution in [0.2, 0.25) is 0 Å². The third-order valence-electron chi connectivity index (χ3n) is 12.3. The van der Waals surface area contributed by atoms with Crippen LogP contribution in [0.5, 0.6) is 0 Å². The molecular formula is C41H54ClF3N8O4S. The number of amides is 4. The Morgan fingerprint density at radius 2 is 1.72 bits per heavy atom. The van der Waals surface area contributed by atoms with Gasteiger partial charge in [-0.1, -0.05) is 12.8 Å². The van der Waals surface area contributed by atoms with E-state index in [9.17, 15) is 37.6 Å². The van der Waals surface area contributed by atoms with Gasteiger partial charge in [-0.2, -0.15) is 18.4 Å². The first-order valence-electron chi connectivity index (χ1n) is 20.0. The number of rotatable bonds is 11. The molecule has 3 saturated heterocycles. The predicted molar refractivity (Wildman–Crippen MR) is 219 cm³/mol. The molecule has 58 heavy (non-hydrogen) atoms. The molecule has 0 bridgehead atoms. The third kappa shape index (κ3) is 9.98. The number of hydrogen-bond donors (Lipinski definition) is 3. The average Bonchev–Trinajstić information content (AvgIpc) is 3.33. The maximum absolute atomic E-state index is 13.7. The SMILES string of the molecule is C[C@@H]1CN(CCCCC2CCC(N3C(S)N(c4ccc(C#N)c(C(F)(F)F)c4)C(=O)C3(C)C)CC2)C[C@H](C)N1CC(=O)Nc1cc(C2CCC(=O)NC2=O)ccn1.Cl. The molecule has 1 saturated carbocycles. The molecule has 17 heteroatoms. The van der Waals surface area contributed by atoms with Gasteiger partial charge >= 0.3 is 6.18 Å². The molecule has 1 aliphatic carbocycles. The van der Waals surface area contributed by atoms with E-state index in [2.05, 4.69) is 39.3 Å². The van der Waals surface area contributed by atoms with Crippen molar-refractivity contribution < 1.29 is 32.3 Å². The molecule has 4 amide bonds. The van der Waals surface area contributed by atoms with Crippen molar-refractivity contribution in [1.82, 2.24) is 25.0 Å². The van der Waals surface area contributed by atoms with E-state index in [1.807, 2.05) is 4.90 Å². The average molecular weight is 847 g/mol. The number of unbranched alkanes of at least 4 members (excludes halogenated alkanes) is 1. The topological polar surface area (TPSA) is 142 Å². The first kappa shape index (κ1) is 45.3. The van der Waals surface area contributed by atoms with Crippen molar-refractivity contribution in [2.45, 2.75) is 127 Å². The van der Waals surface area contributed by atoms with Gasteiger partial charge in [0.15, 0.2) is 0 Å². The van der Waals surface area contributed by atoms with Crippen molar-refractivity contribution in [3.63, 3.8) is 0 Å². The lowest BCUT2D eigenvalue weighted by Crippen LogP contribution is -2.58. The largest absolute Gasteiger partial charge is 0.417 e. The summed E-state index contributed by atoms with van der Waals surface area (Å²) < 4.78 is 41.2. The molecule has 12 nitrogen and oxygen atoms in total. The number of alkyl halides is 3. The van der Waals surface area contributed by atoms with Crippen molar-refractivity contribution in [2.24, 2.45) is 5.92 Å². The van der Waals surface area contributed by atoms with E-state index in [0.717, 1.165) is 76.7 Å². The van der Waals surface area contributed by atoms with Crippen molar-refractivity contribution >= 4 is 60.2 Å². The molecule has 3 aliphatic heterocycles. The van der Waals surface area contributed by atoms with Crippen LogP contribution in [-0.2, 0) is 25.4 Å². The summed E-state index contributed by atoms with van der Waals surface area (Å²) in [4.78, 5) is 63.0. The van der Waals surface area contributed by atoms with Crippen LogP contribution < -0.4 is 15.5 Å². The fourth-order valence-corrected chi connectivity index (χ4v) is 10.1. The van der Waals surface area contributed by atoms with Crippen LogP contribution in [0.3, 0.4) is 0 Å². The second-order valence-electron chi connectivity index (χ2n) is 16.7. The standard InChI is InChI=1S/C41H53F3N8O4S.ClH/c1-25-22-49(23-26(2)50(25)24-36(54)47-34-19-28(16-17-46-34)32-14-15-35(53)48-37(32)55)18-6-5-7-27-8-11-30(12-9-27)52-39(57)51(38(56)40(52,3)4)31-13-10-29(21-45)33(20-31)41(42,43)44;/h10,13,16-17,19-20,25-27,30,32,39,57H,5-9,11-12,14-15,18,22-24H2,1-4H3,(H,46,47,54)(H,48,53,55);1H/t25-,26+,27?,30?,32?,39?;. The Morgan fingerprint density at radius 1 is 1.03 bits per heavy atom. The summed E-state index contributed by atoms with van der Waals surface area (Å²) in [5.74, 6) is -0.594. The number of nitrogens with zero attached hydrogens (tertiary/aromatic N) is 6. The summed E-state index contributed by atoms with van der Waals surface area (Å²) in [6.45, 7) is 10.8. The van der Waals surface area contributed by atoms with Gasteiger partial charge in [0, 0.05) is 49.5 Å². The zero-order chi connectivity index (χ0) is 41.2. The van der Waals surface area contributed by atoms with Gasteiger partial charge in [-0.15, -0.1) is 25.0 Å². The maximum atomic E-state index is 13.7. The lowest BCUT2D eigenvalue weighted by molar-refractivity contribution is -0.138. The van der Waals surface area contributed by atoms with Crippen LogP contribution in [0.1, 0.15) is 108 Å². The molecule has 2 aromatic rings. The lowest BCUT2D eigenvalue weighted by Gasteiger charge is -2.44. The molecule has 4 aliphatic rings. The van der Waals surface area contributed by atoms with Gasteiger partial charge in [0.2, 0.25) is 23.6 Å². The molecule has 1 aromatic heterocycles. The zero-order valence-corrected chi connectivity index (χ0v) is 35.1. The van der Waals surface area contributed by atoms with Gasteiger partial charge in [-0.05, 0) is 115 Å². The fourth-order valence-electron chi connectivity index (χ4n) is 9.37. The summed E-state index contributed by atoms with van der Waals surface area (Å²) in [5, 5.41) is 14.5. The number of halogens is 4. The number of piperazine rings is 1. The Kier molecular flexibility index (Phi) is 14.6. The molecule has 4 heterocycles. The molecule has 6 rings (SSSR count). The van der Waals surface area contributed by atoms with Gasteiger partial charge in [0.25, 0.3) is 0 Å². The van der Waals surface area contributed by atoms with E-state index < -0.39 is 34.3 Å². The van der Waals surface area contributed by atoms with Gasteiger partial charge in [0.05, 0.1) is 35.2 Å². The Balaban J connectivity index is 0.00000641. The van der Waals surface area contributed by atoms with Crippen molar-refractivity contribution in [3.05, 3.63) is 53.2 Å². The molecule has 1 aromatic carbocycles. The van der Waals surface area contributed by atoms with E-state index in [0.29, 0.717) is 23.7 Å². The fraction of sp³-hybridized carbons (Fsp3) is 0.610. The Morgan fingerprint density at radius 3 is 2.36 bits per heavy atom. The van der Waals surface area contributed by atoms with Crippen LogP contribution in [0.25, 0.3) is 0 Å². The summed E-state index contributed by atoms with van der Waals surface area (Å²) >= 11 is 4.79. The monoisotopic (exact) mass is 846 g/mol. The number of carbonyl (C=O) groups excluding carboxylic acids is 4. The summed E-state index contributed by atoms with van der Waals surface area (Å²) in [5.41, 5.74) is -2.44. The van der Waals surface area contributed by atoms with E-state index in [4.69, 9.17) is 12.6 Å². The second-order valence-corrected chi connectivity index (χ2v) is 17.1. The van der Waals surface area contributed by atoms with E-state index >= 15 is 0 Å². The minimum absolute atomic E-state index is 0. The van der Waals surface area contributed by atoms with E-state index in [1.165, 1.54) is 11.0 Å². The number of hydrogen-bond acceptors (Lipinski definition) is 10. The maximum Gasteiger partial charge on any atom is 0.417 e. The molecular weight excluding hydrogens is 793 g/mol. The molecule has 0 spiro atoms. The van der Waals surface area contributed by atoms with Crippen molar-refractivity contribution in [2.75, 3.05) is 36.4 Å². The molecule has 4 atom stereocenters. The quantitative estimate of drug-likeness (QED) is 0.135. The zero-order valence-electron chi connectivity index (χ0n) is 33.4. The van der Waals surface area contributed by atoms with Gasteiger partial charge in [-0.25, -0.2) is 4.98 Å². The number of anilines is 2. The Hall–Kier alpha value is -3.75. The first-order valence-corrected chi connectivity index (χ1v) is 20.5. The molecule has 4 fully saturated rings. The van der Waals surface area contributed by atoms with Crippen molar-refractivity contribution in [1.29, 1.82) is 5.26 Å². The third-order valence-corrected chi connectivity index (χ3v) is 12.8. The number of nitriles is 1. The Bertz CT molecular complexity index is 1880. The van der Waals surface area contributed by atoms with Crippen LogP contribution in [0.4, 0.5) is 24.7 Å². The van der Waals surface area contributed by atoms with Crippen LogP contribution in [0, 0.1) is 17.2 Å². The predicted octanol–water partition coefficient (Wildman–Crippen LogP) is 6.32. The number of imide groups is 1. The highest BCUT2D eigenvalue weighted by atomic mass is 35.5. The lowest BCUT2D eigenvalue weighted by atomic mass is 9.81. The highest BCUT2D eigenvalue weighted by Gasteiger charge is 2.54. The number of aromatic nitrogens is 1. The second kappa shape index (κ2) is 18.7. The minimum Gasteiger partial charge on any atom is -0.310 e. The number of piperidine rings is 1. The highest BCUT2D eigenvalue weighted by Crippen LogP contribution is 2.44. The van der Waals surface area contributed by atoms with E-state index in [-0.39, 0.29) is 72.8 Å². The smallest absolute Gasteiger partial charge is 0.310 e. The molecule has 0 radical (unpaired) electrons. The van der Waals surface area contributed by atoms with Crippen LogP contribution in [-0.4, -0.2) is 98.7 Å². The van der Waals surface area contributed by atoms with Gasteiger partial charge in [-0.3, -0.25) is 39.2 Å². The van der Waals surface area contributed by atoms with Crippen LogP contribution >= 0.6 is 25.0 Å². The number of pyridine rings is 1. The van der Waals surface area contributed by atoms with E-state index in [1.54, 1.807) is 38.2 Å². The molecule has 316 valence electrons. The normalized spacial score (nSPS) is 27.2. The van der Waals surface area contributed by atoms with Crippen molar-refractivity contribution in [3.8, 4) is 6.07 Å².